The molecule has 7 heteroatoms. The van der Waals surface area contributed by atoms with Gasteiger partial charge in [-0.3, -0.25) is 0 Å². The predicted molar refractivity (Wildman–Crippen MR) is 96.9 cm³/mol. The van der Waals surface area contributed by atoms with Crippen molar-refractivity contribution in [1.82, 2.24) is 4.72 Å². The molecule has 0 amide bonds. The Balaban J connectivity index is 1.76. The highest BCUT2D eigenvalue weighted by atomic mass is 32.2. The minimum absolute atomic E-state index is 0.0979. The first-order valence-corrected chi connectivity index (χ1v) is 10.1. The van der Waals surface area contributed by atoms with Gasteiger partial charge in [-0.05, 0) is 48.6 Å². The summed E-state index contributed by atoms with van der Waals surface area (Å²) < 4.78 is 46.0. The molecule has 0 aliphatic heterocycles. The second-order valence-electron chi connectivity index (χ2n) is 6.58. The van der Waals surface area contributed by atoms with E-state index in [2.05, 4.69) is 4.72 Å². The third kappa shape index (κ3) is 4.06. The van der Waals surface area contributed by atoms with Crippen molar-refractivity contribution in [1.29, 1.82) is 0 Å². The Labute approximate surface area is 152 Å². The van der Waals surface area contributed by atoms with Crippen LogP contribution in [0.5, 0.6) is 5.75 Å². The van der Waals surface area contributed by atoms with Crippen LogP contribution in [0.15, 0.2) is 42.5 Å². The van der Waals surface area contributed by atoms with Crippen molar-refractivity contribution in [2.45, 2.75) is 30.6 Å². The van der Waals surface area contributed by atoms with Crippen LogP contribution >= 0.6 is 0 Å². The van der Waals surface area contributed by atoms with Gasteiger partial charge in [0.1, 0.15) is 17.2 Å². The molecule has 1 unspecified atom stereocenters. The van der Waals surface area contributed by atoms with Crippen molar-refractivity contribution >= 4 is 10.0 Å². The van der Waals surface area contributed by atoms with Crippen LogP contribution in [0.25, 0.3) is 0 Å². The minimum atomic E-state index is -3.78. The molecule has 0 radical (unpaired) electrons. The smallest absolute Gasteiger partial charge is 0.215 e. The van der Waals surface area contributed by atoms with Crippen LogP contribution in [0, 0.1) is 5.82 Å². The molecule has 0 aromatic heterocycles. The van der Waals surface area contributed by atoms with Gasteiger partial charge in [-0.2, -0.15) is 0 Å². The number of sulfonamides is 1. The van der Waals surface area contributed by atoms with Gasteiger partial charge >= 0.3 is 0 Å². The summed E-state index contributed by atoms with van der Waals surface area (Å²) >= 11 is 0. The van der Waals surface area contributed by atoms with Crippen LogP contribution in [-0.4, -0.2) is 27.2 Å². The molecule has 26 heavy (non-hydrogen) atoms. The maximum atomic E-state index is 13.7. The zero-order valence-electron chi connectivity index (χ0n) is 14.5. The summed E-state index contributed by atoms with van der Waals surface area (Å²) in [6.07, 6.45) is 2.00. The Morgan fingerprint density at radius 3 is 2.77 bits per heavy atom. The van der Waals surface area contributed by atoms with Gasteiger partial charge in [0.15, 0.2) is 0 Å². The van der Waals surface area contributed by atoms with Crippen molar-refractivity contribution in [2.75, 3.05) is 13.7 Å². The third-order valence-electron chi connectivity index (χ3n) is 4.74. The molecule has 0 heterocycles. The molecule has 2 N–H and O–H groups in total. The van der Waals surface area contributed by atoms with E-state index in [4.69, 9.17) is 4.74 Å². The maximum absolute atomic E-state index is 13.7. The summed E-state index contributed by atoms with van der Waals surface area (Å²) in [6, 6.07) is 11.2. The van der Waals surface area contributed by atoms with Crippen LogP contribution < -0.4 is 9.46 Å². The fourth-order valence-electron chi connectivity index (χ4n) is 3.35. The number of aryl methyl sites for hydroxylation is 1. The Hall–Kier alpha value is -1.96. The van der Waals surface area contributed by atoms with Gasteiger partial charge in [0.2, 0.25) is 10.0 Å². The lowest BCUT2D eigenvalue weighted by molar-refractivity contribution is 0.0242. The van der Waals surface area contributed by atoms with Gasteiger partial charge in [0.05, 0.1) is 12.9 Å². The average molecular weight is 379 g/mol. The van der Waals surface area contributed by atoms with Crippen LogP contribution in [0.2, 0.25) is 0 Å². The largest absolute Gasteiger partial charge is 0.497 e. The third-order valence-corrected chi connectivity index (χ3v) is 6.01. The molecule has 0 bridgehead atoms. The van der Waals surface area contributed by atoms with Crippen LogP contribution in [-0.2, 0) is 27.8 Å². The zero-order valence-corrected chi connectivity index (χ0v) is 15.4. The zero-order chi connectivity index (χ0) is 18.8. The Kier molecular flexibility index (Phi) is 5.32. The number of halogens is 1. The number of hydrogen-bond acceptors (Lipinski definition) is 4. The molecule has 1 atom stereocenters. The average Bonchev–Trinajstić information content (AvgIpc) is 2.62. The second kappa shape index (κ2) is 7.34. The standard InChI is InChI=1S/C19H22FNO4S/c1-25-16-8-9-17-14(11-16)6-4-10-19(17,22)13-21-26(23,24)12-15-5-2-3-7-18(15)20/h2-3,5,7-9,11,21-22H,4,6,10,12-13H2,1H3. The van der Waals surface area contributed by atoms with Crippen molar-refractivity contribution in [3.05, 3.63) is 65.0 Å². The number of rotatable bonds is 6. The number of benzene rings is 2. The van der Waals surface area contributed by atoms with Crippen molar-refractivity contribution in [2.24, 2.45) is 0 Å². The molecular formula is C19H22FNO4S. The molecular weight excluding hydrogens is 357 g/mol. The van der Waals surface area contributed by atoms with Gasteiger partial charge in [0, 0.05) is 12.1 Å². The monoisotopic (exact) mass is 379 g/mol. The van der Waals surface area contributed by atoms with E-state index >= 15 is 0 Å². The summed E-state index contributed by atoms with van der Waals surface area (Å²) in [7, 11) is -2.21. The minimum Gasteiger partial charge on any atom is -0.497 e. The first-order valence-electron chi connectivity index (χ1n) is 8.43. The first kappa shape index (κ1) is 18.8. The summed E-state index contributed by atoms with van der Waals surface area (Å²) in [5.41, 5.74) is 0.465. The van der Waals surface area contributed by atoms with Gasteiger partial charge in [0.25, 0.3) is 0 Å². The number of nitrogens with one attached hydrogen (secondary N) is 1. The molecule has 0 saturated heterocycles. The molecule has 0 fully saturated rings. The molecule has 3 rings (SSSR count). The van der Waals surface area contributed by atoms with Crippen LogP contribution in [0.3, 0.4) is 0 Å². The number of methoxy groups -OCH3 is 1. The van der Waals surface area contributed by atoms with Crippen molar-refractivity contribution in [3.63, 3.8) is 0 Å². The maximum Gasteiger partial charge on any atom is 0.215 e. The normalized spacial score (nSPS) is 19.8. The highest BCUT2D eigenvalue weighted by molar-refractivity contribution is 7.88. The topological polar surface area (TPSA) is 75.6 Å². The summed E-state index contributed by atoms with van der Waals surface area (Å²) in [5, 5.41) is 11.0. The van der Waals surface area contributed by atoms with Gasteiger partial charge < -0.3 is 9.84 Å². The van der Waals surface area contributed by atoms with Crippen LogP contribution in [0.1, 0.15) is 29.5 Å². The molecule has 140 valence electrons. The first-order chi connectivity index (χ1) is 12.3. The molecule has 0 spiro atoms. The van der Waals surface area contributed by atoms with E-state index in [-0.39, 0.29) is 12.1 Å². The van der Waals surface area contributed by atoms with Crippen LogP contribution in [0.4, 0.5) is 4.39 Å². The predicted octanol–water partition coefficient (Wildman–Crippen LogP) is 2.48. The molecule has 2 aromatic rings. The molecule has 2 aromatic carbocycles. The Morgan fingerprint density at radius 2 is 2.04 bits per heavy atom. The van der Waals surface area contributed by atoms with E-state index in [9.17, 15) is 17.9 Å². The van der Waals surface area contributed by atoms with Gasteiger partial charge in [-0.15, -0.1) is 0 Å². The number of aliphatic hydroxyl groups is 1. The van der Waals surface area contributed by atoms with E-state index in [1.54, 1.807) is 25.3 Å². The lowest BCUT2D eigenvalue weighted by atomic mass is 9.79. The quantitative estimate of drug-likeness (QED) is 0.809. The van der Waals surface area contributed by atoms with E-state index < -0.39 is 27.2 Å². The highest BCUT2D eigenvalue weighted by Gasteiger charge is 2.35. The fraction of sp³-hybridized carbons (Fsp3) is 0.368. The van der Waals surface area contributed by atoms with E-state index in [1.165, 1.54) is 18.2 Å². The number of fused-ring (bicyclic) bond motifs is 1. The summed E-state index contributed by atoms with van der Waals surface area (Å²) in [4.78, 5) is 0. The Morgan fingerprint density at radius 1 is 1.27 bits per heavy atom. The lowest BCUT2D eigenvalue weighted by Gasteiger charge is -2.34. The number of hydrogen-bond donors (Lipinski definition) is 2. The van der Waals surface area contributed by atoms with Crippen molar-refractivity contribution in [3.8, 4) is 5.75 Å². The highest BCUT2D eigenvalue weighted by Crippen LogP contribution is 2.36. The molecule has 5 nitrogen and oxygen atoms in total. The SMILES string of the molecule is COc1ccc2c(c1)CCCC2(O)CNS(=O)(=O)Cc1ccccc1F. The Bertz CT molecular complexity index is 900. The molecule has 0 saturated carbocycles. The van der Waals surface area contributed by atoms with Gasteiger partial charge in [-0.25, -0.2) is 17.5 Å². The van der Waals surface area contributed by atoms with Crippen molar-refractivity contribution < 1.29 is 22.7 Å². The fourth-order valence-corrected chi connectivity index (χ4v) is 4.55. The molecule has 1 aliphatic carbocycles. The van der Waals surface area contributed by atoms with E-state index in [0.717, 1.165) is 18.4 Å². The molecule has 1 aliphatic rings. The second-order valence-corrected chi connectivity index (χ2v) is 8.39. The summed E-state index contributed by atoms with van der Waals surface area (Å²) in [6.45, 7) is -0.150. The van der Waals surface area contributed by atoms with E-state index in [0.29, 0.717) is 17.7 Å². The van der Waals surface area contributed by atoms with Gasteiger partial charge in [-0.1, -0.05) is 24.3 Å². The number of ether oxygens (including phenoxy) is 1. The summed E-state index contributed by atoms with van der Waals surface area (Å²) in [5.74, 6) is -0.328. The van der Waals surface area contributed by atoms with E-state index in [1.807, 2.05) is 6.07 Å². The lowest BCUT2D eigenvalue weighted by Crippen LogP contribution is -2.43.